The molecule has 2 aromatic rings. The van der Waals surface area contributed by atoms with Gasteiger partial charge in [0.2, 0.25) is 0 Å². The molecule has 0 fully saturated rings. The first-order valence-electron chi connectivity index (χ1n) is 5.11. The van der Waals surface area contributed by atoms with Crippen LogP contribution in [0.5, 0.6) is 17.2 Å². The van der Waals surface area contributed by atoms with Crippen molar-refractivity contribution in [1.82, 2.24) is 4.98 Å². The van der Waals surface area contributed by atoms with Crippen LogP contribution in [0, 0.1) is 0 Å². The number of benzene rings is 1. The molecule has 1 aromatic carbocycles. The Hall–Kier alpha value is -2.23. The van der Waals surface area contributed by atoms with Gasteiger partial charge in [-0.05, 0) is 12.1 Å². The largest absolute Gasteiger partial charge is 0.506 e. The summed E-state index contributed by atoms with van der Waals surface area (Å²) in [6.07, 6.45) is 3.05. The van der Waals surface area contributed by atoms with Crippen molar-refractivity contribution in [3.05, 3.63) is 36.7 Å². The summed E-state index contributed by atoms with van der Waals surface area (Å²) >= 11 is 0. The van der Waals surface area contributed by atoms with E-state index in [9.17, 15) is 5.11 Å². The Balaban J connectivity index is 2.59. The Morgan fingerprint density at radius 2 is 1.94 bits per heavy atom. The van der Waals surface area contributed by atoms with E-state index in [1.54, 1.807) is 26.5 Å². The maximum absolute atomic E-state index is 9.43. The van der Waals surface area contributed by atoms with Crippen LogP contribution < -0.4 is 9.47 Å². The second-order valence-corrected chi connectivity index (χ2v) is 3.47. The van der Waals surface area contributed by atoms with Gasteiger partial charge in [-0.3, -0.25) is 4.98 Å². The van der Waals surface area contributed by atoms with Gasteiger partial charge in [0.1, 0.15) is 5.75 Å². The van der Waals surface area contributed by atoms with E-state index in [2.05, 4.69) is 4.98 Å². The van der Waals surface area contributed by atoms with Crippen molar-refractivity contribution < 1.29 is 14.6 Å². The van der Waals surface area contributed by atoms with Crippen LogP contribution in [0.3, 0.4) is 0 Å². The summed E-state index contributed by atoms with van der Waals surface area (Å²) < 4.78 is 10.5. The molecule has 0 unspecified atom stereocenters. The molecule has 2 rings (SSSR count). The number of ether oxygens (including phenoxy) is 2. The lowest BCUT2D eigenvalue weighted by atomic mass is 10.1. The first kappa shape index (κ1) is 11.3. The molecule has 0 aliphatic heterocycles. The van der Waals surface area contributed by atoms with Crippen LogP contribution in [0.4, 0.5) is 0 Å². The Bertz CT molecular complexity index is 526. The van der Waals surface area contributed by atoms with Crippen LogP contribution in [0.1, 0.15) is 0 Å². The molecule has 0 spiro atoms. The molecule has 4 nitrogen and oxygen atoms in total. The average Bonchev–Trinajstić information content (AvgIpc) is 2.37. The number of aromatic nitrogens is 1. The lowest BCUT2D eigenvalue weighted by molar-refractivity contribution is 0.356. The summed E-state index contributed by atoms with van der Waals surface area (Å²) in [7, 11) is 3.17. The molecule has 0 aliphatic rings. The van der Waals surface area contributed by atoms with Gasteiger partial charge in [-0.25, -0.2) is 0 Å². The fraction of sp³-hybridized carbons (Fsp3) is 0.154. The summed E-state index contributed by atoms with van der Waals surface area (Å²) in [5.74, 6) is 1.39. The summed E-state index contributed by atoms with van der Waals surface area (Å²) in [4.78, 5) is 3.95. The molecule has 17 heavy (non-hydrogen) atoms. The SMILES string of the molecule is COc1cccc(-c2cncc(O)c2)c1OC. The molecule has 0 radical (unpaired) electrons. The van der Waals surface area contributed by atoms with E-state index in [4.69, 9.17) is 9.47 Å². The van der Waals surface area contributed by atoms with E-state index in [0.717, 1.165) is 11.1 Å². The van der Waals surface area contributed by atoms with Crippen molar-refractivity contribution in [3.63, 3.8) is 0 Å². The molecule has 1 N–H and O–H groups in total. The van der Waals surface area contributed by atoms with Gasteiger partial charge in [0.15, 0.2) is 11.5 Å². The van der Waals surface area contributed by atoms with Gasteiger partial charge in [0.05, 0.1) is 20.4 Å². The number of para-hydroxylation sites is 1. The van der Waals surface area contributed by atoms with Crippen LogP contribution in [-0.4, -0.2) is 24.3 Å². The Morgan fingerprint density at radius 1 is 1.12 bits per heavy atom. The second-order valence-electron chi connectivity index (χ2n) is 3.47. The quantitative estimate of drug-likeness (QED) is 0.881. The first-order valence-corrected chi connectivity index (χ1v) is 5.11. The number of hydrogen-bond acceptors (Lipinski definition) is 4. The van der Waals surface area contributed by atoms with E-state index in [0.29, 0.717) is 11.5 Å². The van der Waals surface area contributed by atoms with Gasteiger partial charge >= 0.3 is 0 Å². The zero-order valence-electron chi connectivity index (χ0n) is 9.68. The fourth-order valence-corrected chi connectivity index (χ4v) is 1.69. The maximum atomic E-state index is 9.43. The number of hydrogen-bond donors (Lipinski definition) is 1. The predicted octanol–water partition coefficient (Wildman–Crippen LogP) is 2.47. The zero-order chi connectivity index (χ0) is 12.3. The van der Waals surface area contributed by atoms with Crippen molar-refractivity contribution in [2.75, 3.05) is 14.2 Å². The van der Waals surface area contributed by atoms with Crippen LogP contribution in [0.25, 0.3) is 11.1 Å². The second kappa shape index (κ2) is 4.74. The molecule has 4 heteroatoms. The highest BCUT2D eigenvalue weighted by atomic mass is 16.5. The van der Waals surface area contributed by atoms with Gasteiger partial charge in [-0.1, -0.05) is 12.1 Å². The van der Waals surface area contributed by atoms with Gasteiger partial charge in [-0.2, -0.15) is 0 Å². The molecule has 88 valence electrons. The smallest absolute Gasteiger partial charge is 0.168 e. The van der Waals surface area contributed by atoms with E-state index in [1.807, 2.05) is 18.2 Å². The lowest BCUT2D eigenvalue weighted by Crippen LogP contribution is -1.93. The topological polar surface area (TPSA) is 51.6 Å². The molecule has 0 aliphatic carbocycles. The number of rotatable bonds is 3. The van der Waals surface area contributed by atoms with Crippen LogP contribution in [0.15, 0.2) is 36.7 Å². The van der Waals surface area contributed by atoms with Crippen LogP contribution in [-0.2, 0) is 0 Å². The van der Waals surface area contributed by atoms with Crippen molar-refractivity contribution in [1.29, 1.82) is 0 Å². The van der Waals surface area contributed by atoms with Gasteiger partial charge in [0.25, 0.3) is 0 Å². The van der Waals surface area contributed by atoms with Crippen LogP contribution in [0.2, 0.25) is 0 Å². The van der Waals surface area contributed by atoms with E-state index < -0.39 is 0 Å². The normalized spacial score (nSPS) is 10.0. The number of aromatic hydroxyl groups is 1. The molecule has 1 aromatic heterocycles. The third-order valence-electron chi connectivity index (χ3n) is 2.44. The maximum Gasteiger partial charge on any atom is 0.168 e. The van der Waals surface area contributed by atoms with Crippen molar-refractivity contribution in [2.24, 2.45) is 0 Å². The molecular formula is C13H13NO3. The van der Waals surface area contributed by atoms with E-state index in [1.165, 1.54) is 6.20 Å². The highest BCUT2D eigenvalue weighted by Crippen LogP contribution is 2.38. The van der Waals surface area contributed by atoms with Crippen LogP contribution >= 0.6 is 0 Å². The molecule has 0 bridgehead atoms. The minimum atomic E-state index is 0.118. The number of nitrogens with zero attached hydrogens (tertiary/aromatic N) is 1. The Kier molecular flexibility index (Phi) is 3.14. The summed E-state index contributed by atoms with van der Waals surface area (Å²) in [6.45, 7) is 0. The zero-order valence-corrected chi connectivity index (χ0v) is 9.68. The molecule has 0 saturated carbocycles. The van der Waals surface area contributed by atoms with Crippen molar-refractivity contribution in [3.8, 4) is 28.4 Å². The van der Waals surface area contributed by atoms with Gasteiger partial charge < -0.3 is 14.6 Å². The molecular weight excluding hydrogens is 218 g/mol. The minimum absolute atomic E-state index is 0.118. The fourth-order valence-electron chi connectivity index (χ4n) is 1.69. The summed E-state index contributed by atoms with van der Waals surface area (Å²) in [5, 5.41) is 9.43. The summed E-state index contributed by atoms with van der Waals surface area (Å²) in [6, 6.07) is 7.20. The minimum Gasteiger partial charge on any atom is -0.506 e. The molecule has 1 heterocycles. The Morgan fingerprint density at radius 3 is 2.59 bits per heavy atom. The first-order chi connectivity index (χ1) is 8.26. The average molecular weight is 231 g/mol. The van der Waals surface area contributed by atoms with Gasteiger partial charge in [-0.15, -0.1) is 0 Å². The predicted molar refractivity (Wildman–Crippen MR) is 64.4 cm³/mol. The molecule has 0 amide bonds. The van der Waals surface area contributed by atoms with Crippen molar-refractivity contribution >= 4 is 0 Å². The Labute approximate surface area is 99.5 Å². The monoisotopic (exact) mass is 231 g/mol. The molecule has 0 atom stereocenters. The highest BCUT2D eigenvalue weighted by molar-refractivity contribution is 5.73. The number of methoxy groups -OCH3 is 2. The van der Waals surface area contributed by atoms with E-state index >= 15 is 0 Å². The van der Waals surface area contributed by atoms with Crippen molar-refractivity contribution in [2.45, 2.75) is 0 Å². The standard InChI is InChI=1S/C13H13NO3/c1-16-12-5-3-4-11(13(12)17-2)9-6-10(15)8-14-7-9/h3-8,15H,1-2H3. The third-order valence-corrected chi connectivity index (χ3v) is 2.44. The number of pyridine rings is 1. The molecule has 0 saturated heterocycles. The van der Waals surface area contributed by atoms with E-state index in [-0.39, 0.29) is 5.75 Å². The third kappa shape index (κ3) is 2.15. The van der Waals surface area contributed by atoms with Gasteiger partial charge in [0, 0.05) is 17.3 Å². The summed E-state index contributed by atoms with van der Waals surface area (Å²) in [5.41, 5.74) is 1.61. The lowest BCUT2D eigenvalue weighted by Gasteiger charge is -2.12. The highest BCUT2D eigenvalue weighted by Gasteiger charge is 2.11.